The number of halogens is 5. The van der Waals surface area contributed by atoms with Crippen LogP contribution in [0.4, 0.5) is 22.0 Å². The van der Waals surface area contributed by atoms with Gasteiger partial charge in [0.1, 0.15) is 0 Å². The molecule has 1 saturated carbocycles. The molecule has 0 N–H and O–H groups in total. The van der Waals surface area contributed by atoms with E-state index in [4.69, 9.17) is 0 Å². The number of alkyl halides is 5. The molecule has 7 nitrogen and oxygen atoms in total. The maximum atomic E-state index is 13.8. The number of hydrogen-bond donors (Lipinski definition) is 0. The molecule has 12 heteroatoms. The maximum absolute atomic E-state index is 13.8. The van der Waals surface area contributed by atoms with Crippen molar-refractivity contribution in [3.05, 3.63) is 35.2 Å². The molecule has 4 aliphatic rings. The first-order chi connectivity index (χ1) is 17.8. The molecule has 1 saturated heterocycles. The first-order valence-electron chi connectivity index (χ1n) is 12.9. The van der Waals surface area contributed by atoms with Gasteiger partial charge in [-0.05, 0) is 32.8 Å². The van der Waals surface area contributed by atoms with Crippen molar-refractivity contribution >= 4 is 23.1 Å². The van der Waals surface area contributed by atoms with E-state index in [0.29, 0.717) is 42.2 Å². The summed E-state index contributed by atoms with van der Waals surface area (Å²) in [6.45, 7) is 4.46. The van der Waals surface area contributed by atoms with Crippen LogP contribution in [-0.2, 0) is 4.79 Å². The van der Waals surface area contributed by atoms with Gasteiger partial charge in [-0.15, -0.1) is 0 Å². The van der Waals surface area contributed by atoms with Crippen molar-refractivity contribution in [2.45, 2.75) is 70.1 Å². The molecule has 38 heavy (non-hydrogen) atoms. The Morgan fingerprint density at radius 2 is 1.89 bits per heavy atom. The van der Waals surface area contributed by atoms with Gasteiger partial charge in [0.25, 0.3) is 5.91 Å². The number of hydrogen-bond acceptors (Lipinski definition) is 4. The summed E-state index contributed by atoms with van der Waals surface area (Å²) >= 11 is 0. The molecule has 0 radical (unpaired) electrons. The predicted octanol–water partition coefficient (Wildman–Crippen LogP) is 4.67. The zero-order chi connectivity index (χ0) is 27.4. The molecule has 0 bridgehead atoms. The molecular formula is C26H30F5N5O2. The van der Waals surface area contributed by atoms with Gasteiger partial charge in [0.05, 0.1) is 41.5 Å². The number of aliphatic imine (C=N–C) groups is 1. The van der Waals surface area contributed by atoms with Crippen molar-refractivity contribution in [1.82, 2.24) is 19.6 Å². The molecule has 2 amide bonds. The van der Waals surface area contributed by atoms with Crippen molar-refractivity contribution in [1.29, 1.82) is 0 Å². The number of carbonyl (C=O) groups excluding carboxylic acids is 2. The number of amides is 2. The first kappa shape index (κ1) is 26.7. The average Bonchev–Trinajstić information content (AvgIpc) is 3.28. The topological polar surface area (TPSA) is 70.8 Å². The Morgan fingerprint density at radius 1 is 1.18 bits per heavy atom. The highest BCUT2D eigenvalue weighted by Gasteiger charge is 2.40. The number of fused-ring (bicyclic) bond motifs is 3. The van der Waals surface area contributed by atoms with E-state index in [0.717, 1.165) is 0 Å². The maximum Gasteiger partial charge on any atom is 0.390 e. The Bertz CT molecular complexity index is 1220. The third kappa shape index (κ3) is 5.19. The lowest BCUT2D eigenvalue weighted by molar-refractivity contribution is -0.144. The zero-order valence-corrected chi connectivity index (χ0v) is 21.3. The molecule has 2 aliphatic carbocycles. The lowest BCUT2D eigenvalue weighted by Gasteiger charge is -2.41. The lowest BCUT2D eigenvalue weighted by Crippen LogP contribution is -2.55. The second-order valence-corrected chi connectivity index (χ2v) is 10.7. The summed E-state index contributed by atoms with van der Waals surface area (Å²) in [7, 11) is 0. The molecule has 2 atom stereocenters. The van der Waals surface area contributed by atoms with Gasteiger partial charge in [-0.1, -0.05) is 11.6 Å². The van der Waals surface area contributed by atoms with Crippen molar-refractivity contribution in [3.8, 4) is 0 Å². The molecule has 1 aromatic heterocycles. The van der Waals surface area contributed by atoms with Crippen LogP contribution in [0.3, 0.4) is 0 Å². The highest BCUT2D eigenvalue weighted by molar-refractivity contribution is 6.36. The first-order valence-corrected chi connectivity index (χ1v) is 12.9. The summed E-state index contributed by atoms with van der Waals surface area (Å²) in [4.78, 5) is 33.9. The van der Waals surface area contributed by atoms with Crippen molar-refractivity contribution in [3.63, 3.8) is 0 Å². The van der Waals surface area contributed by atoms with Crippen LogP contribution in [0, 0.1) is 5.92 Å². The highest BCUT2D eigenvalue weighted by Crippen LogP contribution is 2.42. The van der Waals surface area contributed by atoms with Gasteiger partial charge in [-0.2, -0.15) is 18.3 Å². The highest BCUT2D eigenvalue weighted by atomic mass is 19.4. The van der Waals surface area contributed by atoms with E-state index >= 15 is 0 Å². The Kier molecular flexibility index (Phi) is 6.81. The number of aromatic nitrogens is 2. The second-order valence-electron chi connectivity index (χ2n) is 10.7. The fourth-order valence-electron chi connectivity index (χ4n) is 5.82. The number of carbonyl (C=O) groups is 2. The van der Waals surface area contributed by atoms with Crippen LogP contribution in [0.5, 0.6) is 0 Å². The Balaban J connectivity index is 1.37. The molecule has 206 valence electrons. The van der Waals surface area contributed by atoms with Crippen LogP contribution < -0.4 is 0 Å². The average molecular weight is 540 g/mol. The summed E-state index contributed by atoms with van der Waals surface area (Å²) in [5.74, 6) is -3.98. The minimum Gasteiger partial charge on any atom is -0.339 e. The smallest absolute Gasteiger partial charge is 0.339 e. The molecule has 0 spiro atoms. The van der Waals surface area contributed by atoms with Crippen LogP contribution in [0.2, 0.25) is 0 Å². The molecule has 5 rings (SSSR count). The van der Waals surface area contributed by atoms with Crippen LogP contribution in [0.25, 0.3) is 5.57 Å². The minimum absolute atomic E-state index is 0.104. The van der Waals surface area contributed by atoms with Gasteiger partial charge in [0.15, 0.2) is 0 Å². The van der Waals surface area contributed by atoms with Crippen molar-refractivity contribution in [2.75, 3.05) is 26.2 Å². The quantitative estimate of drug-likeness (QED) is 0.522. The van der Waals surface area contributed by atoms with Gasteiger partial charge >= 0.3 is 6.18 Å². The van der Waals surface area contributed by atoms with E-state index in [9.17, 15) is 31.5 Å². The van der Waals surface area contributed by atoms with Crippen molar-refractivity contribution < 1.29 is 31.5 Å². The molecule has 1 aromatic rings. The van der Waals surface area contributed by atoms with E-state index in [1.54, 1.807) is 33.6 Å². The molecule has 0 aromatic carbocycles. The predicted molar refractivity (Wildman–Crippen MR) is 130 cm³/mol. The van der Waals surface area contributed by atoms with Gasteiger partial charge in [0, 0.05) is 50.6 Å². The fraction of sp³-hybridized carbons (Fsp3) is 0.615. The van der Waals surface area contributed by atoms with Gasteiger partial charge in [-0.3, -0.25) is 19.2 Å². The largest absolute Gasteiger partial charge is 0.390 e. The van der Waals surface area contributed by atoms with Gasteiger partial charge in [-0.25, -0.2) is 13.8 Å². The van der Waals surface area contributed by atoms with Gasteiger partial charge < -0.3 is 4.90 Å². The standard InChI is InChI=1S/C26H30F5N5O2/c1-15-11-21-19(12-18(15)24(38)35-10-9-34(16(2)14-35)8-7-26(29,30)31)22-20(23(37)33-21)13-32-36(22)17-3-5-25(27,28)6-4-17/h11-13,16-18H,3-10,14H2,1-2H3/t16-,18?/m0/s1. The van der Waals surface area contributed by atoms with E-state index in [-0.39, 0.29) is 55.8 Å². The number of piperazine rings is 1. The SMILES string of the molecule is CC1=CC2=NC(=O)c3cnn(C4CCC(F)(F)CC4)c3C2=CC1C(=O)N1CCN(CCC(F)(F)F)[C@@H](C)C1. The fourth-order valence-corrected chi connectivity index (χ4v) is 5.82. The van der Waals surface area contributed by atoms with Gasteiger partial charge in [0.2, 0.25) is 11.8 Å². The Labute approximate surface area is 217 Å². The zero-order valence-electron chi connectivity index (χ0n) is 21.3. The Morgan fingerprint density at radius 3 is 2.55 bits per heavy atom. The normalized spacial score (nSPS) is 26.3. The third-order valence-corrected chi connectivity index (χ3v) is 8.03. The summed E-state index contributed by atoms with van der Waals surface area (Å²) in [5.41, 5.74) is 2.47. The number of allylic oxidation sites excluding steroid dienone is 2. The molecule has 2 fully saturated rings. The summed E-state index contributed by atoms with van der Waals surface area (Å²) in [5, 5.41) is 4.38. The molecule has 1 unspecified atom stereocenters. The van der Waals surface area contributed by atoms with Crippen LogP contribution in [-0.4, -0.2) is 81.4 Å². The summed E-state index contributed by atoms with van der Waals surface area (Å²) in [6.07, 6.45) is -0.307. The molecule has 2 aliphatic heterocycles. The number of rotatable bonds is 4. The van der Waals surface area contributed by atoms with E-state index in [2.05, 4.69) is 10.1 Å². The van der Waals surface area contributed by atoms with Crippen LogP contribution in [0.15, 0.2) is 28.9 Å². The monoisotopic (exact) mass is 539 g/mol. The minimum atomic E-state index is -4.23. The molecular weight excluding hydrogens is 509 g/mol. The summed E-state index contributed by atoms with van der Waals surface area (Å²) < 4.78 is 67.2. The van der Waals surface area contributed by atoms with E-state index in [1.807, 2.05) is 6.92 Å². The van der Waals surface area contributed by atoms with E-state index < -0.39 is 30.3 Å². The Hall–Kier alpha value is -2.89. The lowest BCUT2D eigenvalue weighted by atomic mass is 9.84. The van der Waals surface area contributed by atoms with Crippen LogP contribution in [0.1, 0.15) is 68.0 Å². The van der Waals surface area contributed by atoms with Crippen LogP contribution >= 0.6 is 0 Å². The second kappa shape index (κ2) is 9.69. The number of nitrogens with zero attached hydrogens (tertiary/aromatic N) is 5. The van der Waals surface area contributed by atoms with Crippen molar-refractivity contribution in [2.24, 2.45) is 10.9 Å². The summed E-state index contributed by atoms with van der Waals surface area (Å²) in [6, 6.07) is -0.518. The third-order valence-electron chi connectivity index (χ3n) is 8.03. The van der Waals surface area contributed by atoms with E-state index in [1.165, 1.54) is 6.20 Å². The molecule has 3 heterocycles.